The van der Waals surface area contributed by atoms with Gasteiger partial charge in [-0.2, -0.15) is 0 Å². The average molecular weight is 526 g/mol. The van der Waals surface area contributed by atoms with Crippen molar-refractivity contribution in [2.45, 2.75) is 63.2 Å². The first kappa shape index (κ1) is 24.7. The van der Waals surface area contributed by atoms with E-state index in [2.05, 4.69) is 5.32 Å². The Labute approximate surface area is 228 Å². The van der Waals surface area contributed by atoms with Crippen LogP contribution in [0.2, 0.25) is 5.02 Å². The molecule has 0 bridgehead atoms. The third-order valence-electron chi connectivity index (χ3n) is 8.17. The molecule has 1 aliphatic carbocycles. The highest BCUT2D eigenvalue weighted by Crippen LogP contribution is 2.40. The van der Waals surface area contributed by atoms with Crippen LogP contribution in [0.5, 0.6) is 0 Å². The van der Waals surface area contributed by atoms with Crippen LogP contribution in [-0.4, -0.2) is 27.3 Å². The first-order valence-electron chi connectivity index (χ1n) is 13.6. The molecule has 1 atom stereocenters. The van der Waals surface area contributed by atoms with E-state index in [-0.39, 0.29) is 24.4 Å². The highest BCUT2D eigenvalue weighted by atomic mass is 35.5. The molecule has 6 heteroatoms. The van der Waals surface area contributed by atoms with Gasteiger partial charge in [0.15, 0.2) is 5.54 Å². The number of carbonyl (C=O) groups excluding carboxylic acids is 2. The molecule has 1 aliphatic heterocycles. The number of fused-ring (bicyclic) bond motifs is 3. The molecule has 1 saturated carbocycles. The van der Waals surface area contributed by atoms with Crippen LogP contribution in [-0.2, 0) is 23.4 Å². The summed E-state index contributed by atoms with van der Waals surface area (Å²) in [5, 5.41) is 5.01. The number of para-hydroxylation sites is 1. The lowest BCUT2D eigenvalue weighted by molar-refractivity contribution is -0.136. The van der Waals surface area contributed by atoms with Crippen molar-refractivity contribution in [1.82, 2.24) is 14.8 Å². The molecule has 1 aromatic heterocycles. The van der Waals surface area contributed by atoms with Gasteiger partial charge < -0.3 is 14.8 Å². The number of hydrogen-bond donors (Lipinski definition) is 1. The maximum absolute atomic E-state index is 14.6. The molecule has 2 aliphatic rings. The fraction of sp³-hybridized carbons (Fsp3) is 0.312. The zero-order chi connectivity index (χ0) is 26.1. The number of aromatic nitrogens is 1. The van der Waals surface area contributed by atoms with Crippen LogP contribution in [0.1, 0.15) is 60.1 Å². The number of amides is 2. The van der Waals surface area contributed by atoms with Gasteiger partial charge >= 0.3 is 0 Å². The van der Waals surface area contributed by atoms with Crippen molar-refractivity contribution < 1.29 is 9.59 Å². The van der Waals surface area contributed by atoms with E-state index in [4.69, 9.17) is 11.6 Å². The Kier molecular flexibility index (Phi) is 6.71. The Morgan fingerprint density at radius 3 is 2.39 bits per heavy atom. The molecule has 4 aromatic rings. The summed E-state index contributed by atoms with van der Waals surface area (Å²) in [7, 11) is 0. The molecule has 2 amide bonds. The maximum Gasteiger partial charge on any atom is 0.272 e. The number of benzene rings is 3. The van der Waals surface area contributed by atoms with E-state index >= 15 is 0 Å². The van der Waals surface area contributed by atoms with Gasteiger partial charge in [0, 0.05) is 28.5 Å². The minimum Gasteiger partial charge on any atom is -0.351 e. The van der Waals surface area contributed by atoms with Crippen molar-refractivity contribution in [1.29, 1.82) is 0 Å². The van der Waals surface area contributed by atoms with Gasteiger partial charge in [-0.3, -0.25) is 9.59 Å². The van der Waals surface area contributed by atoms with Crippen molar-refractivity contribution >= 4 is 34.3 Å². The van der Waals surface area contributed by atoms with Crippen LogP contribution < -0.4 is 5.32 Å². The summed E-state index contributed by atoms with van der Waals surface area (Å²) in [5.74, 6) is -0.276. The van der Waals surface area contributed by atoms with Crippen LogP contribution >= 0.6 is 11.6 Å². The number of rotatable bonds is 5. The fourth-order valence-corrected chi connectivity index (χ4v) is 6.44. The normalized spacial score (nSPS) is 20.2. The maximum atomic E-state index is 14.6. The van der Waals surface area contributed by atoms with Gasteiger partial charge in [-0.15, -0.1) is 0 Å². The molecule has 5 nitrogen and oxygen atoms in total. The number of halogens is 1. The molecule has 0 radical (unpaired) electrons. The number of nitrogens with one attached hydrogen (secondary N) is 1. The van der Waals surface area contributed by atoms with Gasteiger partial charge in [-0.1, -0.05) is 97.9 Å². The van der Waals surface area contributed by atoms with Crippen molar-refractivity contribution in [3.8, 4) is 0 Å². The third-order valence-corrected chi connectivity index (χ3v) is 8.40. The molecule has 2 heterocycles. The Morgan fingerprint density at radius 1 is 0.895 bits per heavy atom. The molecule has 0 saturated heterocycles. The van der Waals surface area contributed by atoms with E-state index in [0.29, 0.717) is 17.3 Å². The Morgan fingerprint density at radius 2 is 1.63 bits per heavy atom. The predicted molar refractivity (Wildman–Crippen MR) is 151 cm³/mol. The molecule has 6 rings (SSSR count). The second-order valence-corrected chi connectivity index (χ2v) is 11.0. The van der Waals surface area contributed by atoms with Gasteiger partial charge in [-0.25, -0.2) is 0 Å². The zero-order valence-electron chi connectivity index (χ0n) is 21.4. The quantitative estimate of drug-likeness (QED) is 0.295. The first-order chi connectivity index (χ1) is 18.6. The molecule has 38 heavy (non-hydrogen) atoms. The minimum atomic E-state index is -1.22. The lowest BCUT2D eigenvalue weighted by atomic mass is 9.83. The van der Waals surface area contributed by atoms with Crippen LogP contribution in [0.4, 0.5) is 0 Å². The number of nitrogens with zero attached hydrogens (tertiary/aromatic N) is 2. The summed E-state index contributed by atoms with van der Waals surface area (Å²) in [6.07, 6.45) is 6.57. The molecule has 1 fully saturated rings. The van der Waals surface area contributed by atoms with E-state index < -0.39 is 5.54 Å². The van der Waals surface area contributed by atoms with Crippen LogP contribution in [0.25, 0.3) is 10.9 Å². The van der Waals surface area contributed by atoms with Gasteiger partial charge in [0.2, 0.25) is 0 Å². The lowest BCUT2D eigenvalue weighted by Crippen LogP contribution is -2.63. The van der Waals surface area contributed by atoms with E-state index in [1.165, 1.54) is 12.8 Å². The van der Waals surface area contributed by atoms with Gasteiger partial charge in [-0.05, 0) is 48.2 Å². The summed E-state index contributed by atoms with van der Waals surface area (Å²) in [4.78, 5) is 30.8. The Hall–Kier alpha value is -3.57. The van der Waals surface area contributed by atoms with E-state index in [0.717, 1.165) is 47.7 Å². The second-order valence-electron chi connectivity index (χ2n) is 10.6. The van der Waals surface area contributed by atoms with Crippen molar-refractivity contribution in [2.24, 2.45) is 0 Å². The van der Waals surface area contributed by atoms with Crippen molar-refractivity contribution in [3.05, 3.63) is 107 Å². The topological polar surface area (TPSA) is 54.3 Å². The Balaban J connectivity index is 1.53. The summed E-state index contributed by atoms with van der Waals surface area (Å²) in [6, 6.07) is 27.4. The number of carbonyl (C=O) groups is 2. The van der Waals surface area contributed by atoms with Gasteiger partial charge in [0.05, 0.1) is 6.54 Å². The van der Waals surface area contributed by atoms with Gasteiger partial charge in [0.25, 0.3) is 11.8 Å². The molecule has 194 valence electrons. The lowest BCUT2D eigenvalue weighted by Gasteiger charge is -2.47. The third kappa shape index (κ3) is 4.39. The van der Waals surface area contributed by atoms with Crippen LogP contribution in [0, 0.1) is 0 Å². The molecule has 1 N–H and O–H groups in total. The number of hydrogen-bond acceptors (Lipinski definition) is 2. The molecular weight excluding hydrogens is 494 g/mol. The molecule has 0 spiro atoms. The SMILES string of the molecule is O=C1c2cc3ccccc3n2C[C@@](C(=O)NC2CCCCCC2)(c2ccccc2)N1Cc1cccc(Cl)c1. The smallest absolute Gasteiger partial charge is 0.272 e. The van der Waals surface area contributed by atoms with E-state index in [1.807, 2.05) is 89.5 Å². The largest absolute Gasteiger partial charge is 0.351 e. The molecular formula is C32H32ClN3O2. The van der Waals surface area contributed by atoms with E-state index in [1.54, 1.807) is 4.90 Å². The summed E-state index contributed by atoms with van der Waals surface area (Å²) in [6.45, 7) is 0.610. The predicted octanol–water partition coefficient (Wildman–Crippen LogP) is 6.69. The summed E-state index contributed by atoms with van der Waals surface area (Å²) >= 11 is 6.34. The summed E-state index contributed by atoms with van der Waals surface area (Å²) < 4.78 is 2.03. The van der Waals surface area contributed by atoms with E-state index in [9.17, 15) is 9.59 Å². The fourth-order valence-electron chi connectivity index (χ4n) is 6.22. The first-order valence-corrected chi connectivity index (χ1v) is 14.0. The monoisotopic (exact) mass is 525 g/mol. The average Bonchev–Trinajstić information content (AvgIpc) is 3.10. The van der Waals surface area contributed by atoms with Crippen molar-refractivity contribution in [2.75, 3.05) is 0 Å². The van der Waals surface area contributed by atoms with Crippen molar-refractivity contribution in [3.63, 3.8) is 0 Å². The second kappa shape index (κ2) is 10.3. The highest BCUT2D eigenvalue weighted by molar-refractivity contribution is 6.30. The molecule has 3 aromatic carbocycles. The van der Waals surface area contributed by atoms with Crippen LogP contribution in [0.3, 0.4) is 0 Å². The van der Waals surface area contributed by atoms with Crippen LogP contribution in [0.15, 0.2) is 84.9 Å². The van der Waals surface area contributed by atoms with Gasteiger partial charge in [0.1, 0.15) is 5.69 Å². The minimum absolute atomic E-state index is 0.108. The highest BCUT2D eigenvalue weighted by Gasteiger charge is 2.52. The summed E-state index contributed by atoms with van der Waals surface area (Å²) in [5.41, 5.74) is 2.03. The zero-order valence-corrected chi connectivity index (χ0v) is 22.2. The molecule has 0 unspecified atom stereocenters. The Bertz CT molecular complexity index is 1470. The standard InChI is InChI=1S/C32H32ClN3O2/c33-26-15-10-11-23(19-26)21-36-30(37)29-20-24-12-8-9-18-28(24)35(29)22-32(36,25-13-4-3-5-14-25)31(38)34-27-16-6-1-2-7-17-27/h3-5,8-15,18-20,27H,1-2,6-7,16-17,21-22H2,(H,34,38)/t32-/m0/s1.